The summed E-state index contributed by atoms with van der Waals surface area (Å²) >= 11 is 0. The summed E-state index contributed by atoms with van der Waals surface area (Å²) in [5.74, 6) is 0.467. The Morgan fingerprint density at radius 1 is 1.56 bits per heavy atom. The molecule has 2 N–H and O–H groups in total. The van der Waals surface area contributed by atoms with Crippen LogP contribution in [0.5, 0.6) is 0 Å². The molecular formula is C11H12N2O3. The van der Waals surface area contributed by atoms with Gasteiger partial charge < -0.3 is 14.7 Å². The van der Waals surface area contributed by atoms with Gasteiger partial charge in [0.05, 0.1) is 6.26 Å². The molecule has 0 saturated heterocycles. The van der Waals surface area contributed by atoms with Gasteiger partial charge in [-0.2, -0.15) is 0 Å². The molecule has 0 fully saturated rings. The molecule has 5 nitrogen and oxygen atoms in total. The SMILES string of the molecule is CCCc1c(C(N)=O)noc1-c1ccco1. The first kappa shape index (κ1) is 10.5. The van der Waals surface area contributed by atoms with Crippen molar-refractivity contribution in [2.45, 2.75) is 19.8 Å². The number of amides is 1. The molecule has 5 heteroatoms. The van der Waals surface area contributed by atoms with Gasteiger partial charge in [-0.05, 0) is 18.6 Å². The van der Waals surface area contributed by atoms with Crippen LogP contribution in [0.2, 0.25) is 0 Å². The fourth-order valence-electron chi connectivity index (χ4n) is 1.59. The zero-order valence-corrected chi connectivity index (χ0v) is 8.90. The minimum absolute atomic E-state index is 0.188. The normalized spacial score (nSPS) is 10.6. The van der Waals surface area contributed by atoms with Crippen LogP contribution in [0.15, 0.2) is 27.3 Å². The molecule has 0 atom stereocenters. The van der Waals surface area contributed by atoms with Crippen LogP contribution in [0.1, 0.15) is 29.4 Å². The number of furan rings is 1. The lowest BCUT2D eigenvalue weighted by Gasteiger charge is -1.97. The topological polar surface area (TPSA) is 82.3 Å². The van der Waals surface area contributed by atoms with Gasteiger partial charge in [0.1, 0.15) is 0 Å². The third kappa shape index (κ3) is 1.71. The lowest BCUT2D eigenvalue weighted by atomic mass is 10.1. The largest absolute Gasteiger partial charge is 0.461 e. The number of aromatic nitrogens is 1. The first-order valence-electron chi connectivity index (χ1n) is 5.06. The predicted octanol–water partition coefficient (Wildman–Crippen LogP) is 1.99. The Hall–Kier alpha value is -2.04. The standard InChI is InChI=1S/C11H12N2O3/c1-2-4-7-9(11(12)14)13-16-10(7)8-5-3-6-15-8/h3,5-6H,2,4H2,1H3,(H2,12,14). The quantitative estimate of drug-likeness (QED) is 0.854. The van der Waals surface area contributed by atoms with E-state index in [0.29, 0.717) is 23.5 Å². The number of nitrogens with two attached hydrogens (primary N) is 1. The summed E-state index contributed by atoms with van der Waals surface area (Å²) in [5.41, 5.74) is 6.12. The lowest BCUT2D eigenvalue weighted by Crippen LogP contribution is -2.13. The van der Waals surface area contributed by atoms with E-state index in [0.717, 1.165) is 6.42 Å². The maximum absolute atomic E-state index is 11.1. The zero-order chi connectivity index (χ0) is 11.5. The highest BCUT2D eigenvalue weighted by molar-refractivity contribution is 5.93. The van der Waals surface area contributed by atoms with Crippen LogP contribution in [0, 0.1) is 0 Å². The van der Waals surface area contributed by atoms with E-state index < -0.39 is 5.91 Å². The van der Waals surface area contributed by atoms with Gasteiger partial charge in [-0.15, -0.1) is 0 Å². The summed E-state index contributed by atoms with van der Waals surface area (Å²) in [6.07, 6.45) is 3.09. The fourth-order valence-corrected chi connectivity index (χ4v) is 1.59. The molecule has 2 aromatic heterocycles. The van der Waals surface area contributed by atoms with Gasteiger partial charge >= 0.3 is 0 Å². The molecule has 0 unspecified atom stereocenters. The van der Waals surface area contributed by atoms with Crippen LogP contribution in [0.4, 0.5) is 0 Å². The molecule has 0 bridgehead atoms. The number of hydrogen-bond donors (Lipinski definition) is 1. The molecule has 0 aromatic carbocycles. The molecular weight excluding hydrogens is 208 g/mol. The third-order valence-electron chi connectivity index (χ3n) is 2.27. The van der Waals surface area contributed by atoms with Crippen LogP contribution >= 0.6 is 0 Å². The highest BCUT2D eigenvalue weighted by Gasteiger charge is 2.21. The van der Waals surface area contributed by atoms with Crippen LogP contribution in [0.3, 0.4) is 0 Å². The van der Waals surface area contributed by atoms with Crippen LogP contribution in [-0.4, -0.2) is 11.1 Å². The number of nitrogens with zero attached hydrogens (tertiary/aromatic N) is 1. The molecule has 2 heterocycles. The number of carbonyl (C=O) groups is 1. The molecule has 0 spiro atoms. The van der Waals surface area contributed by atoms with Crippen molar-refractivity contribution in [3.63, 3.8) is 0 Å². The Morgan fingerprint density at radius 3 is 2.94 bits per heavy atom. The maximum atomic E-state index is 11.1. The lowest BCUT2D eigenvalue weighted by molar-refractivity contribution is 0.0991. The van der Waals surface area contributed by atoms with Gasteiger partial charge in [0.25, 0.3) is 5.91 Å². The Morgan fingerprint density at radius 2 is 2.38 bits per heavy atom. The fraction of sp³-hybridized carbons (Fsp3) is 0.273. The van der Waals surface area contributed by atoms with Crippen LogP contribution in [0.25, 0.3) is 11.5 Å². The minimum Gasteiger partial charge on any atom is -0.461 e. The average molecular weight is 220 g/mol. The summed E-state index contributed by atoms with van der Waals surface area (Å²) in [6, 6.07) is 3.50. The number of carbonyl (C=O) groups excluding carboxylic acids is 1. The van der Waals surface area contributed by atoms with Gasteiger partial charge in [-0.25, -0.2) is 0 Å². The third-order valence-corrected chi connectivity index (χ3v) is 2.27. The smallest absolute Gasteiger partial charge is 0.271 e. The molecule has 0 radical (unpaired) electrons. The first-order chi connectivity index (χ1) is 7.74. The van der Waals surface area contributed by atoms with Crippen molar-refractivity contribution in [3.8, 4) is 11.5 Å². The molecule has 0 aliphatic rings. The van der Waals surface area contributed by atoms with Crippen molar-refractivity contribution in [3.05, 3.63) is 29.7 Å². The molecule has 2 rings (SSSR count). The van der Waals surface area contributed by atoms with Crippen molar-refractivity contribution in [2.24, 2.45) is 5.73 Å². The van der Waals surface area contributed by atoms with E-state index in [9.17, 15) is 4.79 Å². The number of hydrogen-bond acceptors (Lipinski definition) is 4. The molecule has 84 valence electrons. The van der Waals surface area contributed by atoms with E-state index >= 15 is 0 Å². The van der Waals surface area contributed by atoms with Crippen molar-refractivity contribution in [2.75, 3.05) is 0 Å². The summed E-state index contributed by atoms with van der Waals surface area (Å²) < 4.78 is 10.3. The van der Waals surface area contributed by atoms with Crippen LogP contribution in [-0.2, 0) is 6.42 Å². The molecule has 1 amide bonds. The van der Waals surface area contributed by atoms with Gasteiger partial charge in [-0.1, -0.05) is 18.5 Å². The average Bonchev–Trinajstić information content (AvgIpc) is 2.84. The molecule has 0 saturated carbocycles. The number of rotatable bonds is 4. The van der Waals surface area contributed by atoms with E-state index in [-0.39, 0.29) is 5.69 Å². The summed E-state index contributed by atoms with van der Waals surface area (Å²) in [4.78, 5) is 11.1. The monoisotopic (exact) mass is 220 g/mol. The Bertz CT molecular complexity index is 485. The van der Waals surface area contributed by atoms with Crippen molar-refractivity contribution in [1.82, 2.24) is 5.16 Å². The highest BCUT2D eigenvalue weighted by Crippen LogP contribution is 2.27. The molecule has 0 aliphatic carbocycles. The molecule has 16 heavy (non-hydrogen) atoms. The Labute approximate surface area is 92.2 Å². The van der Waals surface area contributed by atoms with E-state index in [1.54, 1.807) is 12.1 Å². The predicted molar refractivity (Wildman–Crippen MR) is 56.7 cm³/mol. The van der Waals surface area contributed by atoms with E-state index in [4.69, 9.17) is 14.7 Å². The molecule has 0 aliphatic heterocycles. The molecule has 2 aromatic rings. The summed E-state index contributed by atoms with van der Waals surface area (Å²) in [5, 5.41) is 3.68. The second-order valence-electron chi connectivity index (χ2n) is 3.43. The van der Waals surface area contributed by atoms with E-state index in [2.05, 4.69) is 5.16 Å². The summed E-state index contributed by atoms with van der Waals surface area (Å²) in [7, 11) is 0. The Balaban J connectivity index is 2.50. The van der Waals surface area contributed by atoms with E-state index in [1.165, 1.54) is 6.26 Å². The first-order valence-corrected chi connectivity index (χ1v) is 5.06. The van der Waals surface area contributed by atoms with Crippen molar-refractivity contribution < 1.29 is 13.7 Å². The van der Waals surface area contributed by atoms with Crippen LogP contribution < -0.4 is 5.73 Å². The zero-order valence-electron chi connectivity index (χ0n) is 8.90. The van der Waals surface area contributed by atoms with Crippen molar-refractivity contribution >= 4 is 5.91 Å². The van der Waals surface area contributed by atoms with Gasteiger partial charge in [0.15, 0.2) is 11.5 Å². The van der Waals surface area contributed by atoms with Crippen molar-refractivity contribution in [1.29, 1.82) is 0 Å². The van der Waals surface area contributed by atoms with E-state index in [1.807, 2.05) is 6.92 Å². The maximum Gasteiger partial charge on any atom is 0.271 e. The summed E-state index contributed by atoms with van der Waals surface area (Å²) in [6.45, 7) is 2.00. The van der Waals surface area contributed by atoms with Gasteiger partial charge in [0.2, 0.25) is 5.76 Å². The minimum atomic E-state index is -0.579. The van der Waals surface area contributed by atoms with Gasteiger partial charge in [-0.3, -0.25) is 4.79 Å². The highest BCUT2D eigenvalue weighted by atomic mass is 16.5. The van der Waals surface area contributed by atoms with Gasteiger partial charge in [0, 0.05) is 5.56 Å². The number of primary amides is 1. The second kappa shape index (κ2) is 4.22. The second-order valence-corrected chi connectivity index (χ2v) is 3.43. The Kier molecular flexibility index (Phi) is 2.76.